The fourth-order valence-corrected chi connectivity index (χ4v) is 1.91. The SMILES string of the molecule is Cl.NCc1ccc2nc(N)sc2c1. The molecular weight excluding hydrogens is 206 g/mol. The van der Waals surface area contributed by atoms with Crippen LogP contribution in [-0.4, -0.2) is 4.98 Å². The Labute approximate surface area is 86.2 Å². The van der Waals surface area contributed by atoms with Crippen molar-refractivity contribution in [2.75, 3.05) is 5.73 Å². The predicted molar refractivity (Wildman–Crippen MR) is 59.2 cm³/mol. The molecule has 1 heterocycles. The van der Waals surface area contributed by atoms with Crippen LogP contribution in [0.4, 0.5) is 5.13 Å². The average Bonchev–Trinajstić information content (AvgIpc) is 2.43. The van der Waals surface area contributed by atoms with E-state index in [0.717, 1.165) is 15.8 Å². The minimum absolute atomic E-state index is 0. The van der Waals surface area contributed by atoms with E-state index in [4.69, 9.17) is 11.5 Å². The van der Waals surface area contributed by atoms with Gasteiger partial charge in [-0.1, -0.05) is 17.4 Å². The van der Waals surface area contributed by atoms with Crippen LogP contribution in [0.15, 0.2) is 18.2 Å². The number of anilines is 1. The van der Waals surface area contributed by atoms with Gasteiger partial charge in [0.2, 0.25) is 0 Å². The molecule has 2 aromatic rings. The van der Waals surface area contributed by atoms with E-state index in [-0.39, 0.29) is 12.4 Å². The van der Waals surface area contributed by atoms with Gasteiger partial charge in [0, 0.05) is 6.54 Å². The fraction of sp³-hybridized carbons (Fsp3) is 0.125. The molecule has 0 radical (unpaired) electrons. The van der Waals surface area contributed by atoms with E-state index in [1.165, 1.54) is 11.3 Å². The molecule has 1 aromatic carbocycles. The van der Waals surface area contributed by atoms with E-state index in [1.807, 2.05) is 18.2 Å². The van der Waals surface area contributed by atoms with Crippen molar-refractivity contribution in [3.05, 3.63) is 23.8 Å². The van der Waals surface area contributed by atoms with Crippen molar-refractivity contribution < 1.29 is 0 Å². The Kier molecular flexibility index (Phi) is 3.08. The quantitative estimate of drug-likeness (QED) is 0.762. The maximum absolute atomic E-state index is 5.56. The number of thiazole rings is 1. The molecule has 0 aliphatic heterocycles. The Hall–Kier alpha value is -0.840. The zero-order chi connectivity index (χ0) is 8.55. The number of nitrogen functional groups attached to an aromatic ring is 1. The van der Waals surface area contributed by atoms with Crippen molar-refractivity contribution in [2.24, 2.45) is 5.73 Å². The summed E-state index contributed by atoms with van der Waals surface area (Å²) in [5.74, 6) is 0. The lowest BCUT2D eigenvalue weighted by molar-refractivity contribution is 1.08. The summed E-state index contributed by atoms with van der Waals surface area (Å²) in [7, 11) is 0. The van der Waals surface area contributed by atoms with E-state index in [2.05, 4.69) is 4.98 Å². The highest BCUT2D eigenvalue weighted by atomic mass is 35.5. The summed E-state index contributed by atoms with van der Waals surface area (Å²) in [5.41, 5.74) is 13.1. The molecule has 0 spiro atoms. The number of rotatable bonds is 1. The van der Waals surface area contributed by atoms with Crippen molar-refractivity contribution in [3.63, 3.8) is 0 Å². The Morgan fingerprint density at radius 3 is 2.85 bits per heavy atom. The topological polar surface area (TPSA) is 64.9 Å². The predicted octanol–water partition coefficient (Wildman–Crippen LogP) is 1.76. The standard InChI is InChI=1S/C8H9N3S.ClH/c9-4-5-1-2-6-7(3-5)12-8(10)11-6;/h1-3H,4,9H2,(H2,10,11);1H. The molecule has 3 nitrogen and oxygen atoms in total. The number of halogens is 1. The molecule has 5 heteroatoms. The summed E-state index contributed by atoms with van der Waals surface area (Å²) < 4.78 is 1.11. The molecule has 0 saturated heterocycles. The van der Waals surface area contributed by atoms with Gasteiger partial charge in [0.1, 0.15) is 0 Å². The molecule has 0 amide bonds. The molecule has 0 fully saturated rings. The second-order valence-corrected chi connectivity index (χ2v) is 3.62. The first-order valence-corrected chi connectivity index (χ1v) is 4.46. The Morgan fingerprint density at radius 1 is 1.38 bits per heavy atom. The zero-order valence-electron chi connectivity index (χ0n) is 6.86. The van der Waals surface area contributed by atoms with E-state index in [9.17, 15) is 0 Å². The summed E-state index contributed by atoms with van der Waals surface area (Å²) in [5, 5.41) is 0.610. The van der Waals surface area contributed by atoms with Crippen molar-refractivity contribution in [1.82, 2.24) is 4.98 Å². The number of nitrogens with zero attached hydrogens (tertiary/aromatic N) is 1. The lowest BCUT2D eigenvalue weighted by Crippen LogP contribution is -1.94. The number of hydrogen-bond donors (Lipinski definition) is 2. The first kappa shape index (κ1) is 10.2. The van der Waals surface area contributed by atoms with Crippen molar-refractivity contribution in [1.29, 1.82) is 0 Å². The number of hydrogen-bond acceptors (Lipinski definition) is 4. The van der Waals surface area contributed by atoms with E-state index >= 15 is 0 Å². The Balaban J connectivity index is 0.000000845. The third-order valence-corrected chi connectivity index (χ3v) is 2.55. The molecule has 0 saturated carbocycles. The van der Waals surface area contributed by atoms with Crippen LogP contribution in [0.2, 0.25) is 0 Å². The first-order valence-electron chi connectivity index (χ1n) is 3.64. The van der Waals surface area contributed by atoms with E-state index in [1.54, 1.807) is 0 Å². The van der Waals surface area contributed by atoms with Crippen molar-refractivity contribution in [3.8, 4) is 0 Å². The zero-order valence-corrected chi connectivity index (χ0v) is 8.49. The normalized spacial score (nSPS) is 9.92. The van der Waals surface area contributed by atoms with Crippen LogP contribution in [0.1, 0.15) is 5.56 Å². The van der Waals surface area contributed by atoms with Gasteiger partial charge in [0.15, 0.2) is 5.13 Å². The highest BCUT2D eigenvalue weighted by Crippen LogP contribution is 2.24. The molecule has 0 aliphatic rings. The number of aromatic nitrogens is 1. The van der Waals surface area contributed by atoms with Crippen LogP contribution in [0.5, 0.6) is 0 Å². The Morgan fingerprint density at radius 2 is 2.15 bits per heavy atom. The first-order chi connectivity index (χ1) is 5.79. The molecule has 0 atom stereocenters. The third-order valence-electron chi connectivity index (χ3n) is 1.71. The Bertz CT molecular complexity index is 413. The van der Waals surface area contributed by atoms with Gasteiger partial charge in [-0.2, -0.15) is 0 Å². The summed E-state index contributed by atoms with van der Waals surface area (Å²) in [6.07, 6.45) is 0. The summed E-state index contributed by atoms with van der Waals surface area (Å²) >= 11 is 1.49. The average molecular weight is 216 g/mol. The van der Waals surface area contributed by atoms with Gasteiger partial charge in [-0.3, -0.25) is 0 Å². The molecule has 4 N–H and O–H groups in total. The van der Waals surface area contributed by atoms with Crippen molar-refractivity contribution >= 4 is 39.1 Å². The minimum Gasteiger partial charge on any atom is -0.375 e. The minimum atomic E-state index is 0. The van der Waals surface area contributed by atoms with Crippen LogP contribution < -0.4 is 11.5 Å². The largest absolute Gasteiger partial charge is 0.375 e. The maximum atomic E-state index is 5.56. The molecule has 0 aliphatic carbocycles. The molecular formula is C8H10ClN3S. The lowest BCUT2D eigenvalue weighted by Gasteiger charge is -1.93. The van der Waals surface area contributed by atoms with Gasteiger partial charge < -0.3 is 11.5 Å². The highest BCUT2D eigenvalue weighted by Gasteiger charge is 2.00. The van der Waals surface area contributed by atoms with Gasteiger partial charge in [-0.25, -0.2) is 4.98 Å². The fourth-order valence-electron chi connectivity index (χ4n) is 1.11. The summed E-state index contributed by atoms with van der Waals surface area (Å²) in [6.45, 7) is 0.563. The van der Waals surface area contributed by atoms with Crippen LogP contribution in [0, 0.1) is 0 Å². The van der Waals surface area contributed by atoms with Crippen LogP contribution in [-0.2, 0) is 6.54 Å². The lowest BCUT2D eigenvalue weighted by atomic mass is 10.2. The number of fused-ring (bicyclic) bond motifs is 1. The monoisotopic (exact) mass is 215 g/mol. The van der Waals surface area contributed by atoms with Gasteiger partial charge >= 0.3 is 0 Å². The number of nitrogens with two attached hydrogens (primary N) is 2. The molecule has 1 aromatic heterocycles. The molecule has 70 valence electrons. The smallest absolute Gasteiger partial charge is 0.181 e. The molecule has 0 bridgehead atoms. The second kappa shape index (κ2) is 3.91. The van der Waals surface area contributed by atoms with Gasteiger partial charge in [-0.05, 0) is 17.7 Å². The van der Waals surface area contributed by atoms with Crippen molar-refractivity contribution in [2.45, 2.75) is 6.54 Å². The molecule has 2 rings (SSSR count). The van der Waals surface area contributed by atoms with Crippen LogP contribution in [0.3, 0.4) is 0 Å². The van der Waals surface area contributed by atoms with Crippen LogP contribution >= 0.6 is 23.7 Å². The summed E-state index contributed by atoms with van der Waals surface area (Å²) in [4.78, 5) is 4.14. The highest BCUT2D eigenvalue weighted by molar-refractivity contribution is 7.22. The van der Waals surface area contributed by atoms with Gasteiger partial charge in [0.25, 0.3) is 0 Å². The third kappa shape index (κ3) is 1.91. The van der Waals surface area contributed by atoms with Crippen LogP contribution in [0.25, 0.3) is 10.2 Å². The number of benzene rings is 1. The van der Waals surface area contributed by atoms with Gasteiger partial charge in [-0.15, -0.1) is 12.4 Å². The van der Waals surface area contributed by atoms with Gasteiger partial charge in [0.05, 0.1) is 10.2 Å². The van der Waals surface area contributed by atoms with E-state index < -0.39 is 0 Å². The van der Waals surface area contributed by atoms with E-state index in [0.29, 0.717) is 11.7 Å². The summed E-state index contributed by atoms with van der Waals surface area (Å²) in [6, 6.07) is 5.95. The molecule has 0 unspecified atom stereocenters. The maximum Gasteiger partial charge on any atom is 0.181 e. The second-order valence-electron chi connectivity index (χ2n) is 2.56. The molecule has 13 heavy (non-hydrogen) atoms.